The first-order chi connectivity index (χ1) is 14.3. The maximum Gasteiger partial charge on any atom is 0.234 e. The normalized spacial score (nSPS) is 15.8. The molecule has 0 unspecified atom stereocenters. The average Bonchev–Trinajstić information content (AvgIpc) is 2.74. The van der Waals surface area contributed by atoms with Crippen molar-refractivity contribution in [3.8, 4) is 0 Å². The number of rotatable bonds is 8. The molecule has 30 heavy (non-hydrogen) atoms. The van der Waals surface area contributed by atoms with Crippen molar-refractivity contribution in [3.05, 3.63) is 65.2 Å². The van der Waals surface area contributed by atoms with E-state index in [1.54, 1.807) is 6.07 Å². The van der Waals surface area contributed by atoms with Gasteiger partial charge in [0.1, 0.15) is 0 Å². The summed E-state index contributed by atoms with van der Waals surface area (Å²) in [5.41, 5.74) is 2.84. The van der Waals surface area contributed by atoms with Crippen LogP contribution >= 0.6 is 0 Å². The lowest BCUT2D eigenvalue weighted by atomic mass is 10.2. The highest BCUT2D eigenvalue weighted by molar-refractivity contribution is 7.91. The maximum absolute atomic E-state index is 12.8. The van der Waals surface area contributed by atoms with Crippen LogP contribution in [0.5, 0.6) is 0 Å². The van der Waals surface area contributed by atoms with Gasteiger partial charge in [-0.3, -0.25) is 14.6 Å². The second kappa shape index (κ2) is 10.2. The Morgan fingerprint density at radius 2 is 1.63 bits per heavy atom. The lowest BCUT2D eigenvalue weighted by molar-refractivity contribution is -0.122. The number of piperazine rings is 1. The van der Waals surface area contributed by atoms with Crippen LogP contribution in [-0.4, -0.2) is 69.1 Å². The average molecular weight is 430 g/mol. The first-order valence-electron chi connectivity index (χ1n) is 10.4. The molecule has 2 aromatic carbocycles. The molecule has 1 heterocycles. The molecular formula is C23H31N3O3S. The highest BCUT2D eigenvalue weighted by atomic mass is 32.2. The van der Waals surface area contributed by atoms with E-state index < -0.39 is 9.84 Å². The number of nitrogens with one attached hydrogen (secondary N) is 1. The van der Waals surface area contributed by atoms with Gasteiger partial charge in [0.15, 0.2) is 9.84 Å². The number of sulfone groups is 1. The molecule has 0 bridgehead atoms. The number of amides is 1. The van der Waals surface area contributed by atoms with Gasteiger partial charge in [-0.1, -0.05) is 42.5 Å². The van der Waals surface area contributed by atoms with Gasteiger partial charge in [-0.15, -0.1) is 0 Å². The van der Waals surface area contributed by atoms with Crippen molar-refractivity contribution in [2.24, 2.45) is 0 Å². The van der Waals surface area contributed by atoms with Crippen molar-refractivity contribution in [1.82, 2.24) is 15.1 Å². The number of nitrogens with zero attached hydrogens (tertiary/aromatic N) is 2. The lowest BCUT2D eigenvalue weighted by Gasteiger charge is -2.34. The fraction of sp³-hybridized carbons (Fsp3) is 0.435. The van der Waals surface area contributed by atoms with E-state index in [4.69, 9.17) is 0 Å². The summed E-state index contributed by atoms with van der Waals surface area (Å²) in [7, 11) is -3.30. The smallest absolute Gasteiger partial charge is 0.234 e. The summed E-state index contributed by atoms with van der Waals surface area (Å²) >= 11 is 0. The lowest BCUT2D eigenvalue weighted by Crippen LogP contribution is -2.50. The van der Waals surface area contributed by atoms with Gasteiger partial charge in [-0.2, -0.15) is 0 Å². The van der Waals surface area contributed by atoms with Gasteiger partial charge in [-0.05, 0) is 36.6 Å². The van der Waals surface area contributed by atoms with Crippen LogP contribution in [0.2, 0.25) is 0 Å². The zero-order valence-electron chi connectivity index (χ0n) is 17.8. The summed E-state index contributed by atoms with van der Waals surface area (Å²) in [6, 6.07) is 15.4. The topological polar surface area (TPSA) is 69.7 Å². The molecule has 0 spiro atoms. The summed E-state index contributed by atoms with van der Waals surface area (Å²) in [6.45, 7) is 8.26. The van der Waals surface area contributed by atoms with Crippen LogP contribution in [-0.2, 0) is 21.2 Å². The van der Waals surface area contributed by atoms with E-state index in [1.807, 2.05) is 56.3 Å². The fourth-order valence-electron chi connectivity index (χ4n) is 3.63. The molecule has 2 aromatic rings. The molecule has 0 saturated carbocycles. The third kappa shape index (κ3) is 6.39. The molecule has 0 aliphatic carbocycles. The van der Waals surface area contributed by atoms with E-state index in [9.17, 15) is 13.2 Å². The van der Waals surface area contributed by atoms with Gasteiger partial charge < -0.3 is 5.32 Å². The fourth-order valence-corrected chi connectivity index (χ4v) is 5.27. The number of hydrogen-bond acceptors (Lipinski definition) is 5. The molecule has 0 atom stereocenters. The Labute approximate surface area is 179 Å². The van der Waals surface area contributed by atoms with Crippen LogP contribution in [0, 0.1) is 13.8 Å². The number of carbonyl (C=O) groups is 1. The van der Waals surface area contributed by atoms with E-state index in [-0.39, 0.29) is 11.7 Å². The molecule has 1 saturated heterocycles. The van der Waals surface area contributed by atoms with Crippen LogP contribution in [0.3, 0.4) is 0 Å². The number of carbonyl (C=O) groups excluding carboxylic acids is 1. The minimum atomic E-state index is -3.30. The molecule has 6 nitrogen and oxygen atoms in total. The first kappa shape index (κ1) is 22.5. The summed E-state index contributed by atoms with van der Waals surface area (Å²) in [4.78, 5) is 16.9. The van der Waals surface area contributed by atoms with Crippen LogP contribution in [0.15, 0.2) is 53.4 Å². The monoisotopic (exact) mass is 429 g/mol. The van der Waals surface area contributed by atoms with Gasteiger partial charge in [0.2, 0.25) is 5.91 Å². The summed E-state index contributed by atoms with van der Waals surface area (Å²) in [5, 5.41) is 2.96. The van der Waals surface area contributed by atoms with Gasteiger partial charge in [0.05, 0.1) is 17.2 Å². The second-order valence-electron chi connectivity index (χ2n) is 7.97. The van der Waals surface area contributed by atoms with Crippen molar-refractivity contribution >= 4 is 15.7 Å². The minimum Gasteiger partial charge on any atom is -0.351 e. The van der Waals surface area contributed by atoms with Crippen LogP contribution in [0.25, 0.3) is 0 Å². The standard InChI is InChI=1S/C23H31N3O3S/c1-19-8-9-20(2)22(16-19)30(28,29)15-14-25-10-12-26(13-11-25)18-23(27)24-17-21-6-4-3-5-7-21/h3-9,16H,10-15,17-18H2,1-2H3,(H,24,27). The Morgan fingerprint density at radius 1 is 0.967 bits per heavy atom. The van der Waals surface area contributed by atoms with Crippen LogP contribution in [0.1, 0.15) is 16.7 Å². The van der Waals surface area contributed by atoms with Crippen molar-refractivity contribution in [1.29, 1.82) is 0 Å². The van der Waals surface area contributed by atoms with Crippen molar-refractivity contribution in [2.45, 2.75) is 25.3 Å². The molecule has 7 heteroatoms. The van der Waals surface area contributed by atoms with E-state index in [0.29, 0.717) is 24.5 Å². The number of hydrogen-bond donors (Lipinski definition) is 1. The third-order valence-electron chi connectivity index (χ3n) is 5.52. The highest BCUT2D eigenvalue weighted by Gasteiger charge is 2.22. The SMILES string of the molecule is Cc1ccc(C)c(S(=O)(=O)CCN2CCN(CC(=O)NCc3ccccc3)CC2)c1. The largest absolute Gasteiger partial charge is 0.351 e. The molecule has 0 aromatic heterocycles. The predicted octanol–water partition coefficient (Wildman–Crippen LogP) is 2.01. The quantitative estimate of drug-likeness (QED) is 0.695. The number of benzene rings is 2. The zero-order chi connectivity index (χ0) is 21.6. The van der Waals surface area contributed by atoms with Gasteiger partial charge in [0.25, 0.3) is 0 Å². The van der Waals surface area contributed by atoms with E-state index >= 15 is 0 Å². The molecule has 1 fully saturated rings. The number of aryl methyl sites for hydroxylation is 2. The summed E-state index contributed by atoms with van der Waals surface area (Å²) < 4.78 is 25.5. The Kier molecular flexibility index (Phi) is 7.64. The minimum absolute atomic E-state index is 0.0183. The van der Waals surface area contributed by atoms with E-state index in [2.05, 4.69) is 15.1 Å². The molecule has 3 rings (SSSR count). The highest BCUT2D eigenvalue weighted by Crippen LogP contribution is 2.18. The van der Waals surface area contributed by atoms with Crippen molar-refractivity contribution in [2.75, 3.05) is 45.0 Å². The molecule has 1 N–H and O–H groups in total. The first-order valence-corrected chi connectivity index (χ1v) is 12.0. The molecule has 0 radical (unpaired) electrons. The molecule has 1 aliphatic heterocycles. The summed E-state index contributed by atoms with van der Waals surface area (Å²) in [5.74, 6) is 0.138. The summed E-state index contributed by atoms with van der Waals surface area (Å²) in [6.07, 6.45) is 0. The van der Waals surface area contributed by atoms with Gasteiger partial charge >= 0.3 is 0 Å². The third-order valence-corrected chi connectivity index (χ3v) is 7.35. The van der Waals surface area contributed by atoms with E-state index in [1.165, 1.54) is 0 Å². The van der Waals surface area contributed by atoms with Crippen molar-refractivity contribution in [3.63, 3.8) is 0 Å². The zero-order valence-corrected chi connectivity index (χ0v) is 18.6. The van der Waals surface area contributed by atoms with Gasteiger partial charge in [-0.25, -0.2) is 8.42 Å². The maximum atomic E-state index is 12.8. The molecule has 1 amide bonds. The van der Waals surface area contributed by atoms with Crippen molar-refractivity contribution < 1.29 is 13.2 Å². The second-order valence-corrected chi connectivity index (χ2v) is 10.0. The Hall–Kier alpha value is -2.22. The Bertz CT molecular complexity index is 953. The predicted molar refractivity (Wildman–Crippen MR) is 119 cm³/mol. The van der Waals surface area contributed by atoms with Gasteiger partial charge in [0, 0.05) is 39.3 Å². The molecule has 162 valence electrons. The van der Waals surface area contributed by atoms with Crippen LogP contribution in [0.4, 0.5) is 0 Å². The molecule has 1 aliphatic rings. The molecular weight excluding hydrogens is 398 g/mol. The Balaban J connectivity index is 1.41. The van der Waals surface area contributed by atoms with E-state index in [0.717, 1.165) is 42.9 Å². The Morgan fingerprint density at radius 3 is 2.33 bits per heavy atom. The van der Waals surface area contributed by atoms with Crippen LogP contribution < -0.4 is 5.32 Å².